The molecule has 1 N–H and O–H groups in total. The Kier molecular flexibility index (Phi) is 4.10. The van der Waals surface area contributed by atoms with E-state index in [4.69, 9.17) is 0 Å². The highest BCUT2D eigenvalue weighted by molar-refractivity contribution is 5.86. The van der Waals surface area contributed by atoms with Crippen LogP contribution in [0, 0.1) is 5.82 Å². The number of carbonyl (C=O) groups excluding carboxylic acids is 1. The number of carbonyl (C=O) groups is 1. The van der Waals surface area contributed by atoms with Crippen LogP contribution in [0.2, 0.25) is 0 Å². The van der Waals surface area contributed by atoms with E-state index in [1.165, 1.54) is 25.3 Å². The van der Waals surface area contributed by atoms with Crippen LogP contribution in [0.25, 0.3) is 6.08 Å². The number of hydrogen-bond donors (Lipinski definition) is 1. The highest BCUT2D eigenvalue weighted by Gasteiger charge is 2.16. The van der Waals surface area contributed by atoms with Gasteiger partial charge in [0, 0.05) is 17.7 Å². The van der Waals surface area contributed by atoms with E-state index in [0.29, 0.717) is 5.56 Å². The van der Waals surface area contributed by atoms with Crippen LogP contribution in [0.5, 0.6) is 0 Å². The minimum Gasteiger partial charge on any atom is -0.466 e. The number of esters is 1. The SMILES string of the molecule is COC(=O)C=Cc1ccc(C2CCCN2)cc1F. The van der Waals surface area contributed by atoms with E-state index in [0.717, 1.165) is 24.9 Å². The van der Waals surface area contributed by atoms with Gasteiger partial charge in [-0.15, -0.1) is 0 Å². The van der Waals surface area contributed by atoms with Gasteiger partial charge >= 0.3 is 5.97 Å². The summed E-state index contributed by atoms with van der Waals surface area (Å²) in [5.74, 6) is -0.808. The zero-order valence-electron chi connectivity index (χ0n) is 10.3. The molecule has 1 unspecified atom stereocenters. The molecule has 0 aliphatic carbocycles. The van der Waals surface area contributed by atoms with Gasteiger partial charge in [0.15, 0.2) is 0 Å². The summed E-state index contributed by atoms with van der Waals surface area (Å²) in [5, 5.41) is 3.32. The summed E-state index contributed by atoms with van der Waals surface area (Å²) < 4.78 is 18.3. The van der Waals surface area contributed by atoms with Crippen molar-refractivity contribution in [3.8, 4) is 0 Å². The van der Waals surface area contributed by atoms with Crippen LogP contribution in [0.4, 0.5) is 4.39 Å². The summed E-state index contributed by atoms with van der Waals surface area (Å²) >= 11 is 0. The fourth-order valence-electron chi connectivity index (χ4n) is 2.09. The lowest BCUT2D eigenvalue weighted by Crippen LogP contribution is -2.13. The van der Waals surface area contributed by atoms with Crippen molar-refractivity contribution in [3.63, 3.8) is 0 Å². The maximum absolute atomic E-state index is 13.8. The molecule has 2 rings (SSSR count). The van der Waals surface area contributed by atoms with Gasteiger partial charge in [0.05, 0.1) is 7.11 Å². The van der Waals surface area contributed by atoms with Crippen molar-refractivity contribution in [2.45, 2.75) is 18.9 Å². The van der Waals surface area contributed by atoms with E-state index < -0.39 is 5.97 Å². The highest BCUT2D eigenvalue weighted by atomic mass is 19.1. The molecule has 3 nitrogen and oxygen atoms in total. The molecule has 1 aliphatic rings. The van der Waals surface area contributed by atoms with E-state index in [1.807, 2.05) is 6.07 Å². The molecule has 0 spiro atoms. The Hall–Kier alpha value is -1.68. The molecule has 0 aromatic heterocycles. The first-order chi connectivity index (χ1) is 8.70. The van der Waals surface area contributed by atoms with Gasteiger partial charge in [-0.25, -0.2) is 9.18 Å². The number of halogens is 1. The molecule has 1 atom stereocenters. The summed E-state index contributed by atoms with van der Waals surface area (Å²) in [4.78, 5) is 10.9. The van der Waals surface area contributed by atoms with Gasteiger partial charge in [0.1, 0.15) is 5.82 Å². The maximum Gasteiger partial charge on any atom is 0.330 e. The summed E-state index contributed by atoms with van der Waals surface area (Å²) in [7, 11) is 1.29. The number of rotatable bonds is 3. The van der Waals surface area contributed by atoms with Crippen LogP contribution < -0.4 is 5.32 Å². The van der Waals surface area contributed by atoms with E-state index >= 15 is 0 Å². The van der Waals surface area contributed by atoms with E-state index in [2.05, 4.69) is 10.1 Å². The second-order valence-electron chi connectivity index (χ2n) is 4.29. The topological polar surface area (TPSA) is 38.3 Å². The monoisotopic (exact) mass is 249 g/mol. The molecule has 1 aliphatic heterocycles. The quantitative estimate of drug-likeness (QED) is 0.660. The molecule has 18 heavy (non-hydrogen) atoms. The molecule has 1 saturated heterocycles. The van der Waals surface area contributed by atoms with Gasteiger partial charge in [-0.2, -0.15) is 0 Å². The number of ether oxygens (including phenoxy) is 1. The smallest absolute Gasteiger partial charge is 0.330 e. The third-order valence-electron chi connectivity index (χ3n) is 3.09. The summed E-state index contributed by atoms with van der Waals surface area (Å²) in [5.41, 5.74) is 1.35. The lowest BCUT2D eigenvalue weighted by atomic mass is 10.0. The molecule has 1 fully saturated rings. The average Bonchev–Trinajstić information content (AvgIpc) is 2.90. The first-order valence-corrected chi connectivity index (χ1v) is 5.99. The second-order valence-corrected chi connectivity index (χ2v) is 4.29. The molecule has 1 aromatic carbocycles. The third kappa shape index (κ3) is 2.96. The number of methoxy groups -OCH3 is 1. The molecule has 0 radical (unpaired) electrons. The third-order valence-corrected chi connectivity index (χ3v) is 3.09. The standard InChI is InChI=1S/C14H16FNO2/c1-18-14(17)7-6-10-4-5-11(9-12(10)15)13-3-2-8-16-13/h4-7,9,13,16H,2-3,8H2,1H3. The van der Waals surface area contributed by atoms with Gasteiger partial charge in [-0.05, 0) is 37.1 Å². The van der Waals surface area contributed by atoms with E-state index in [-0.39, 0.29) is 11.9 Å². The molecule has 0 bridgehead atoms. The molecule has 96 valence electrons. The van der Waals surface area contributed by atoms with Crippen LogP contribution in [0.3, 0.4) is 0 Å². The lowest BCUT2D eigenvalue weighted by Gasteiger charge is -2.11. The Balaban J connectivity index is 2.14. The van der Waals surface area contributed by atoms with Crippen LogP contribution in [-0.2, 0) is 9.53 Å². The van der Waals surface area contributed by atoms with Crippen molar-refractivity contribution in [2.24, 2.45) is 0 Å². The molecule has 1 heterocycles. The number of nitrogens with one attached hydrogen (secondary N) is 1. The average molecular weight is 249 g/mol. The zero-order chi connectivity index (χ0) is 13.0. The Morgan fingerprint density at radius 1 is 1.56 bits per heavy atom. The highest BCUT2D eigenvalue weighted by Crippen LogP contribution is 2.24. The molecule has 0 amide bonds. The van der Waals surface area contributed by atoms with Crippen LogP contribution in [-0.4, -0.2) is 19.6 Å². The molecule has 0 saturated carbocycles. The normalized spacial score (nSPS) is 19.3. The van der Waals surface area contributed by atoms with Crippen molar-refractivity contribution < 1.29 is 13.9 Å². The van der Waals surface area contributed by atoms with Gasteiger partial charge < -0.3 is 10.1 Å². The fourth-order valence-corrected chi connectivity index (χ4v) is 2.09. The summed E-state index contributed by atoms with van der Waals surface area (Å²) in [6.07, 6.45) is 4.80. The summed E-state index contributed by atoms with van der Waals surface area (Å²) in [6.45, 7) is 0.982. The predicted molar refractivity (Wildman–Crippen MR) is 67.4 cm³/mol. The van der Waals surface area contributed by atoms with Crippen molar-refractivity contribution in [1.29, 1.82) is 0 Å². The Bertz CT molecular complexity index is 465. The largest absolute Gasteiger partial charge is 0.466 e. The van der Waals surface area contributed by atoms with Crippen LogP contribution in [0.1, 0.15) is 30.0 Å². The number of benzene rings is 1. The van der Waals surface area contributed by atoms with Crippen molar-refractivity contribution in [2.75, 3.05) is 13.7 Å². The molecule has 4 heteroatoms. The van der Waals surface area contributed by atoms with Gasteiger partial charge in [0.25, 0.3) is 0 Å². The Morgan fingerprint density at radius 2 is 2.39 bits per heavy atom. The van der Waals surface area contributed by atoms with Gasteiger partial charge in [-0.3, -0.25) is 0 Å². The van der Waals surface area contributed by atoms with Crippen molar-refractivity contribution in [1.82, 2.24) is 5.32 Å². The number of hydrogen-bond acceptors (Lipinski definition) is 3. The minimum atomic E-state index is -0.490. The molecule has 1 aromatic rings. The maximum atomic E-state index is 13.8. The Morgan fingerprint density at radius 3 is 3.00 bits per heavy atom. The van der Waals surface area contributed by atoms with Crippen molar-refractivity contribution >= 4 is 12.0 Å². The van der Waals surface area contributed by atoms with Gasteiger partial charge in [0.2, 0.25) is 0 Å². The Labute approximate surface area is 106 Å². The lowest BCUT2D eigenvalue weighted by molar-refractivity contribution is -0.134. The van der Waals surface area contributed by atoms with E-state index in [1.54, 1.807) is 6.07 Å². The fraction of sp³-hybridized carbons (Fsp3) is 0.357. The second kappa shape index (κ2) is 5.78. The molecular formula is C14H16FNO2. The molecular weight excluding hydrogens is 233 g/mol. The van der Waals surface area contributed by atoms with Crippen LogP contribution in [0.15, 0.2) is 24.3 Å². The zero-order valence-corrected chi connectivity index (χ0v) is 10.3. The first kappa shape index (κ1) is 12.8. The van der Waals surface area contributed by atoms with Crippen molar-refractivity contribution in [3.05, 3.63) is 41.2 Å². The predicted octanol–water partition coefficient (Wildman–Crippen LogP) is 2.44. The summed E-state index contributed by atoms with van der Waals surface area (Å²) in [6, 6.07) is 5.35. The first-order valence-electron chi connectivity index (χ1n) is 5.99. The van der Waals surface area contributed by atoms with Gasteiger partial charge in [-0.1, -0.05) is 12.1 Å². The van der Waals surface area contributed by atoms with Crippen LogP contribution >= 0.6 is 0 Å². The van der Waals surface area contributed by atoms with E-state index in [9.17, 15) is 9.18 Å². The minimum absolute atomic E-state index is 0.248.